The van der Waals surface area contributed by atoms with Gasteiger partial charge in [-0.2, -0.15) is 0 Å². The summed E-state index contributed by atoms with van der Waals surface area (Å²) in [6.45, 7) is 6.02. The van der Waals surface area contributed by atoms with Crippen LogP contribution in [0.5, 0.6) is 0 Å². The molecule has 0 bridgehead atoms. The maximum absolute atomic E-state index is 11.0. The van der Waals surface area contributed by atoms with Crippen LogP contribution in [0.1, 0.15) is 22.3 Å². The van der Waals surface area contributed by atoms with Crippen LogP contribution in [0.3, 0.4) is 0 Å². The summed E-state index contributed by atoms with van der Waals surface area (Å²) in [5.74, 6) is 0. The van der Waals surface area contributed by atoms with Crippen LogP contribution in [0.25, 0.3) is 11.1 Å². The van der Waals surface area contributed by atoms with Crippen molar-refractivity contribution >= 4 is 15.0 Å². The number of carbonyl (C=O) groups excluding carboxylic acids is 1. The van der Waals surface area contributed by atoms with Gasteiger partial charge >= 0.3 is 27.5 Å². The van der Waals surface area contributed by atoms with E-state index in [2.05, 4.69) is 31.4 Å². The van der Waals surface area contributed by atoms with E-state index in [1.165, 1.54) is 5.56 Å². The van der Waals surface area contributed by atoms with E-state index in [4.69, 9.17) is 9.46 Å². The van der Waals surface area contributed by atoms with Crippen LogP contribution >= 0.6 is 8.69 Å². The molecule has 0 spiro atoms. The maximum Gasteiger partial charge on any atom is 1.00 e. The number of hydrogen-bond acceptors (Lipinski definition) is 2. The average molecular weight is 294 g/mol. The van der Waals surface area contributed by atoms with Crippen molar-refractivity contribution < 1.29 is 33.1 Å². The molecule has 0 aliphatic carbocycles. The fourth-order valence-electron chi connectivity index (χ4n) is 2.39. The van der Waals surface area contributed by atoms with Gasteiger partial charge in [-0.15, -0.1) is 22.8 Å². The van der Waals surface area contributed by atoms with E-state index in [0.717, 1.165) is 22.3 Å². The van der Waals surface area contributed by atoms with Crippen molar-refractivity contribution in [1.82, 2.24) is 0 Å². The second-order valence-electron chi connectivity index (χ2n) is 4.44. The predicted octanol–water partition coefficient (Wildman–Crippen LogP) is 0.926. The topological polar surface area (TPSA) is 54.4 Å². The van der Waals surface area contributed by atoms with Crippen LogP contribution in [0.2, 0.25) is 0 Å². The normalized spacial score (nSPS) is 9.33. The molecule has 0 fully saturated rings. The Kier molecular flexibility index (Phi) is 9.09. The van der Waals surface area contributed by atoms with E-state index in [0.29, 0.717) is 5.56 Å². The SMILES string of the molecule is Cc1cc(C)c(-c2ccccc2)c(C)c1[C-]=O.O=PO.[Li+]. The molecule has 5 heteroatoms. The first kappa shape index (κ1) is 19.8. The first-order valence-electron chi connectivity index (χ1n) is 6.07. The molecule has 0 aliphatic heterocycles. The summed E-state index contributed by atoms with van der Waals surface area (Å²) >= 11 is 0. The molecule has 2 rings (SSSR count). The van der Waals surface area contributed by atoms with Gasteiger partial charge in [-0.05, 0) is 12.5 Å². The van der Waals surface area contributed by atoms with E-state index in [1.54, 1.807) is 0 Å². The molecular formula is C16H16LiO3P. The van der Waals surface area contributed by atoms with Crippen LogP contribution in [0.15, 0.2) is 36.4 Å². The summed E-state index contributed by atoms with van der Waals surface area (Å²) in [4.78, 5) is 18.0. The number of hydrogen-bond donors (Lipinski definition) is 1. The Labute approximate surface area is 138 Å². The van der Waals surface area contributed by atoms with Crippen LogP contribution in [-0.2, 0) is 9.36 Å². The van der Waals surface area contributed by atoms with E-state index in [1.807, 2.05) is 32.0 Å². The van der Waals surface area contributed by atoms with Crippen LogP contribution in [0.4, 0.5) is 0 Å². The molecule has 2 aromatic rings. The van der Waals surface area contributed by atoms with E-state index in [9.17, 15) is 4.79 Å². The van der Waals surface area contributed by atoms with Crippen LogP contribution in [0, 0.1) is 20.8 Å². The van der Waals surface area contributed by atoms with Gasteiger partial charge in [0.1, 0.15) is 0 Å². The van der Waals surface area contributed by atoms with Gasteiger partial charge in [0.15, 0.2) is 0 Å². The second kappa shape index (κ2) is 9.66. The second-order valence-corrected chi connectivity index (χ2v) is 4.60. The molecular weight excluding hydrogens is 278 g/mol. The number of aryl methyl sites for hydroxylation is 2. The number of benzene rings is 2. The predicted molar refractivity (Wildman–Crippen MR) is 80.7 cm³/mol. The molecule has 0 amide bonds. The zero-order chi connectivity index (χ0) is 15.1. The Bertz CT molecular complexity index is 613. The Morgan fingerprint density at radius 1 is 1.05 bits per heavy atom. The Hall–Kier alpha value is -1.23. The summed E-state index contributed by atoms with van der Waals surface area (Å²) in [5, 5.41) is 0. The smallest absolute Gasteiger partial charge is 0.376 e. The molecule has 0 saturated heterocycles. The third-order valence-corrected chi connectivity index (χ3v) is 3.14. The van der Waals surface area contributed by atoms with Gasteiger partial charge in [-0.25, -0.2) is 4.57 Å². The minimum absolute atomic E-state index is 0. The van der Waals surface area contributed by atoms with Gasteiger partial charge < -0.3 is 9.69 Å². The Morgan fingerprint density at radius 3 is 2.05 bits per heavy atom. The van der Waals surface area contributed by atoms with E-state index in [-0.39, 0.29) is 18.9 Å². The summed E-state index contributed by atoms with van der Waals surface area (Å²) in [6.07, 6.45) is 2.05. The van der Waals surface area contributed by atoms with Crippen molar-refractivity contribution in [2.75, 3.05) is 0 Å². The van der Waals surface area contributed by atoms with Gasteiger partial charge in [-0.1, -0.05) is 55.3 Å². The van der Waals surface area contributed by atoms with Crippen molar-refractivity contribution in [3.05, 3.63) is 58.7 Å². The monoisotopic (exact) mass is 294 g/mol. The third kappa shape index (κ3) is 4.91. The average Bonchev–Trinajstić information content (AvgIpc) is 2.40. The van der Waals surface area contributed by atoms with Gasteiger partial charge in [0.25, 0.3) is 0 Å². The molecule has 0 saturated carbocycles. The summed E-state index contributed by atoms with van der Waals surface area (Å²) < 4.78 is 8.46. The van der Waals surface area contributed by atoms with Crippen LogP contribution in [-0.4, -0.2) is 11.2 Å². The van der Waals surface area contributed by atoms with E-state index >= 15 is 0 Å². The minimum Gasteiger partial charge on any atom is -0.376 e. The molecule has 3 nitrogen and oxygen atoms in total. The molecule has 104 valence electrons. The summed E-state index contributed by atoms with van der Waals surface area (Å²) in [7, 11) is -0.833. The van der Waals surface area contributed by atoms with Gasteiger partial charge in [-0.3, -0.25) is 0 Å². The molecule has 0 aromatic heterocycles. The van der Waals surface area contributed by atoms with Gasteiger partial charge in [0.2, 0.25) is 0 Å². The van der Waals surface area contributed by atoms with Crippen molar-refractivity contribution in [2.45, 2.75) is 20.8 Å². The molecule has 0 atom stereocenters. The maximum atomic E-state index is 11.0. The first-order chi connectivity index (χ1) is 9.56. The standard InChI is InChI=1S/C16H15O.Li.HO2P/c1-11-9-12(2)16(13(3)15(11)10-17)14-7-5-4-6-8-14;;1-3-2/h4-9H,1-3H3;;(H,1,2)/q-1;+1;. The first-order valence-corrected chi connectivity index (χ1v) is 6.84. The molecule has 0 aliphatic rings. The zero-order valence-corrected chi connectivity index (χ0v) is 13.6. The summed E-state index contributed by atoms with van der Waals surface area (Å²) in [6, 6.07) is 12.2. The largest absolute Gasteiger partial charge is 1.00 e. The Balaban J connectivity index is 0.000000922. The molecule has 0 unspecified atom stereocenters. The van der Waals surface area contributed by atoms with Crippen LogP contribution < -0.4 is 18.9 Å². The minimum atomic E-state index is -0.833. The molecule has 0 heterocycles. The molecule has 1 N–H and O–H groups in total. The molecule has 21 heavy (non-hydrogen) atoms. The van der Waals surface area contributed by atoms with Crippen molar-refractivity contribution in [3.8, 4) is 11.1 Å². The molecule has 2 aromatic carbocycles. The van der Waals surface area contributed by atoms with Crippen molar-refractivity contribution in [2.24, 2.45) is 0 Å². The fourth-order valence-corrected chi connectivity index (χ4v) is 2.39. The van der Waals surface area contributed by atoms with Gasteiger partial charge in [0.05, 0.1) is 6.29 Å². The number of rotatable bonds is 2. The fraction of sp³-hybridized carbons (Fsp3) is 0.188. The quantitative estimate of drug-likeness (QED) is 0.509. The molecule has 0 radical (unpaired) electrons. The Morgan fingerprint density at radius 2 is 1.57 bits per heavy atom. The zero-order valence-electron chi connectivity index (χ0n) is 12.7. The van der Waals surface area contributed by atoms with Gasteiger partial charge in [0, 0.05) is 0 Å². The third-order valence-electron chi connectivity index (χ3n) is 3.14. The summed E-state index contributed by atoms with van der Waals surface area (Å²) in [5.41, 5.74) is 6.20. The van der Waals surface area contributed by atoms with Crippen molar-refractivity contribution in [3.63, 3.8) is 0 Å². The van der Waals surface area contributed by atoms with E-state index < -0.39 is 8.69 Å². The van der Waals surface area contributed by atoms with Crippen molar-refractivity contribution in [1.29, 1.82) is 0 Å².